The molecule has 0 fully saturated rings. The summed E-state index contributed by atoms with van der Waals surface area (Å²) in [6.45, 7) is 4.39. The largest absolute Gasteiger partial charge is 0.494 e. The van der Waals surface area contributed by atoms with E-state index in [4.69, 9.17) is 4.74 Å². The highest BCUT2D eigenvalue weighted by molar-refractivity contribution is 7.89. The molecule has 2 N–H and O–H groups in total. The first kappa shape index (κ1) is 19.9. The molecular weight excluding hydrogens is 354 g/mol. The van der Waals surface area contributed by atoms with E-state index in [0.717, 1.165) is 12.1 Å². The number of benzene rings is 1. The Morgan fingerprint density at radius 1 is 1.15 bits per heavy atom. The molecule has 7 nitrogen and oxygen atoms in total. The SMILES string of the molecule is CCCOc1ccc(S(=O)(=O)NCCC(=O)Nc2cccc(C)n2)cc1. The first-order valence-corrected chi connectivity index (χ1v) is 9.85. The van der Waals surface area contributed by atoms with E-state index in [9.17, 15) is 13.2 Å². The summed E-state index contributed by atoms with van der Waals surface area (Å²) in [5.74, 6) is 0.755. The second kappa shape index (κ2) is 9.30. The molecule has 0 aliphatic carbocycles. The summed E-state index contributed by atoms with van der Waals surface area (Å²) in [5.41, 5.74) is 0.787. The maximum Gasteiger partial charge on any atom is 0.240 e. The number of pyridine rings is 1. The van der Waals surface area contributed by atoms with Crippen molar-refractivity contribution in [3.8, 4) is 5.75 Å². The lowest BCUT2D eigenvalue weighted by Gasteiger charge is -2.09. The zero-order chi connectivity index (χ0) is 19.0. The van der Waals surface area contributed by atoms with Crippen LogP contribution in [0, 0.1) is 6.92 Å². The van der Waals surface area contributed by atoms with E-state index in [-0.39, 0.29) is 23.8 Å². The summed E-state index contributed by atoms with van der Waals surface area (Å²) in [4.78, 5) is 16.2. The quantitative estimate of drug-likeness (QED) is 0.700. The fourth-order valence-corrected chi connectivity index (χ4v) is 3.17. The van der Waals surface area contributed by atoms with Crippen molar-refractivity contribution in [3.63, 3.8) is 0 Å². The Morgan fingerprint density at radius 2 is 1.88 bits per heavy atom. The van der Waals surface area contributed by atoms with Gasteiger partial charge >= 0.3 is 0 Å². The van der Waals surface area contributed by atoms with Crippen LogP contribution in [0.3, 0.4) is 0 Å². The van der Waals surface area contributed by atoms with Crippen molar-refractivity contribution in [2.45, 2.75) is 31.6 Å². The minimum absolute atomic E-state index is 0.00588. The van der Waals surface area contributed by atoms with Gasteiger partial charge in [-0.05, 0) is 49.7 Å². The normalized spacial score (nSPS) is 11.2. The first-order chi connectivity index (χ1) is 12.4. The summed E-state index contributed by atoms with van der Waals surface area (Å²) in [6, 6.07) is 11.5. The van der Waals surface area contributed by atoms with E-state index in [2.05, 4.69) is 15.0 Å². The number of aryl methyl sites for hydroxylation is 1. The van der Waals surface area contributed by atoms with Crippen LogP contribution in [0.25, 0.3) is 0 Å². The number of aromatic nitrogens is 1. The van der Waals surface area contributed by atoms with Crippen LogP contribution in [-0.2, 0) is 14.8 Å². The molecule has 1 aromatic carbocycles. The van der Waals surface area contributed by atoms with Crippen molar-refractivity contribution in [1.29, 1.82) is 0 Å². The topological polar surface area (TPSA) is 97.4 Å². The van der Waals surface area contributed by atoms with Gasteiger partial charge in [0.1, 0.15) is 11.6 Å². The molecule has 0 radical (unpaired) electrons. The van der Waals surface area contributed by atoms with Gasteiger partial charge in [-0.2, -0.15) is 0 Å². The van der Waals surface area contributed by atoms with Gasteiger partial charge in [0.05, 0.1) is 11.5 Å². The molecule has 1 heterocycles. The molecule has 2 rings (SSSR count). The van der Waals surface area contributed by atoms with Gasteiger partial charge in [0.15, 0.2) is 0 Å². The zero-order valence-corrected chi connectivity index (χ0v) is 15.7. The maximum atomic E-state index is 12.2. The number of hydrogen-bond acceptors (Lipinski definition) is 5. The second-order valence-electron chi connectivity index (χ2n) is 5.68. The molecule has 8 heteroatoms. The number of rotatable bonds is 9. The average molecular weight is 377 g/mol. The molecule has 0 bridgehead atoms. The Morgan fingerprint density at radius 3 is 2.54 bits per heavy atom. The third-order valence-electron chi connectivity index (χ3n) is 3.41. The highest BCUT2D eigenvalue weighted by atomic mass is 32.2. The zero-order valence-electron chi connectivity index (χ0n) is 14.9. The number of hydrogen-bond donors (Lipinski definition) is 2. The van der Waals surface area contributed by atoms with Crippen LogP contribution in [0.2, 0.25) is 0 Å². The Hall–Kier alpha value is -2.45. The Bertz CT molecular complexity index is 836. The van der Waals surface area contributed by atoms with Gasteiger partial charge in [-0.1, -0.05) is 13.0 Å². The van der Waals surface area contributed by atoms with Gasteiger partial charge in [0.25, 0.3) is 0 Å². The molecule has 0 aliphatic rings. The highest BCUT2D eigenvalue weighted by Gasteiger charge is 2.14. The van der Waals surface area contributed by atoms with E-state index in [1.165, 1.54) is 12.1 Å². The van der Waals surface area contributed by atoms with E-state index in [1.807, 2.05) is 19.9 Å². The van der Waals surface area contributed by atoms with Crippen LogP contribution in [0.15, 0.2) is 47.4 Å². The van der Waals surface area contributed by atoms with E-state index in [0.29, 0.717) is 18.2 Å². The number of anilines is 1. The van der Waals surface area contributed by atoms with Gasteiger partial charge in [0, 0.05) is 18.7 Å². The molecule has 0 atom stereocenters. The molecule has 140 valence electrons. The summed E-state index contributed by atoms with van der Waals surface area (Å²) in [7, 11) is -3.67. The molecule has 26 heavy (non-hydrogen) atoms. The van der Waals surface area contributed by atoms with Crippen LogP contribution in [0.5, 0.6) is 5.75 Å². The van der Waals surface area contributed by atoms with Gasteiger partial charge in [0.2, 0.25) is 15.9 Å². The summed E-state index contributed by atoms with van der Waals surface area (Å²) < 4.78 is 32.3. The van der Waals surface area contributed by atoms with Crippen LogP contribution in [-0.4, -0.2) is 32.5 Å². The molecule has 0 saturated carbocycles. The molecule has 2 aromatic rings. The van der Waals surface area contributed by atoms with Crippen molar-refractivity contribution >= 4 is 21.7 Å². The Kier molecular flexibility index (Phi) is 7.11. The second-order valence-corrected chi connectivity index (χ2v) is 7.45. The summed E-state index contributed by atoms with van der Waals surface area (Å²) in [6.07, 6.45) is 0.883. The van der Waals surface area contributed by atoms with Crippen molar-refractivity contribution in [2.75, 3.05) is 18.5 Å². The Labute approximate surface area is 153 Å². The van der Waals surface area contributed by atoms with Crippen molar-refractivity contribution in [2.24, 2.45) is 0 Å². The van der Waals surface area contributed by atoms with Crippen LogP contribution in [0.4, 0.5) is 5.82 Å². The molecule has 0 spiro atoms. The fraction of sp³-hybridized carbons (Fsp3) is 0.333. The van der Waals surface area contributed by atoms with Gasteiger partial charge in [-0.25, -0.2) is 18.1 Å². The summed E-state index contributed by atoms with van der Waals surface area (Å²) in [5, 5.41) is 2.63. The smallest absolute Gasteiger partial charge is 0.240 e. The van der Waals surface area contributed by atoms with Crippen LogP contribution < -0.4 is 14.8 Å². The predicted molar refractivity (Wildman–Crippen MR) is 99.6 cm³/mol. The van der Waals surface area contributed by atoms with E-state index >= 15 is 0 Å². The monoisotopic (exact) mass is 377 g/mol. The number of carbonyl (C=O) groups is 1. The van der Waals surface area contributed by atoms with E-state index < -0.39 is 10.0 Å². The number of sulfonamides is 1. The van der Waals surface area contributed by atoms with Crippen molar-refractivity contribution < 1.29 is 17.9 Å². The number of nitrogens with one attached hydrogen (secondary N) is 2. The molecule has 0 aliphatic heterocycles. The molecule has 0 unspecified atom stereocenters. The number of nitrogens with zero attached hydrogens (tertiary/aromatic N) is 1. The minimum Gasteiger partial charge on any atom is -0.494 e. The first-order valence-electron chi connectivity index (χ1n) is 8.37. The van der Waals surface area contributed by atoms with Gasteiger partial charge in [-0.15, -0.1) is 0 Å². The third kappa shape index (κ3) is 6.12. The summed E-state index contributed by atoms with van der Waals surface area (Å²) >= 11 is 0. The van der Waals surface area contributed by atoms with Crippen LogP contribution in [0.1, 0.15) is 25.5 Å². The highest BCUT2D eigenvalue weighted by Crippen LogP contribution is 2.16. The maximum absolute atomic E-state index is 12.2. The fourth-order valence-electron chi connectivity index (χ4n) is 2.14. The molecular formula is C18H23N3O4S. The minimum atomic E-state index is -3.67. The predicted octanol–water partition coefficient (Wildman–Crippen LogP) is 2.49. The van der Waals surface area contributed by atoms with Crippen LogP contribution >= 0.6 is 0 Å². The molecule has 0 saturated heterocycles. The van der Waals surface area contributed by atoms with Gasteiger partial charge in [-0.3, -0.25) is 4.79 Å². The third-order valence-corrected chi connectivity index (χ3v) is 4.88. The lowest BCUT2D eigenvalue weighted by Crippen LogP contribution is -2.28. The Balaban J connectivity index is 1.84. The van der Waals surface area contributed by atoms with Gasteiger partial charge < -0.3 is 10.1 Å². The lowest BCUT2D eigenvalue weighted by atomic mass is 10.3. The standard InChI is InChI=1S/C18H23N3O4S/c1-3-13-25-15-7-9-16(10-8-15)26(23,24)19-12-11-18(22)21-17-6-4-5-14(2)20-17/h4-10,19H,3,11-13H2,1-2H3,(H,20,21,22). The lowest BCUT2D eigenvalue weighted by molar-refractivity contribution is -0.116. The molecule has 1 aromatic heterocycles. The van der Waals surface area contributed by atoms with Crippen molar-refractivity contribution in [3.05, 3.63) is 48.2 Å². The van der Waals surface area contributed by atoms with E-state index in [1.54, 1.807) is 24.3 Å². The average Bonchev–Trinajstić information content (AvgIpc) is 2.60. The number of amides is 1. The number of carbonyl (C=O) groups excluding carboxylic acids is 1. The molecule has 1 amide bonds. The number of ether oxygens (including phenoxy) is 1. The van der Waals surface area contributed by atoms with Crippen molar-refractivity contribution in [1.82, 2.24) is 9.71 Å².